The van der Waals surface area contributed by atoms with E-state index in [4.69, 9.17) is 9.47 Å². The number of anilines is 1. The standard InChI is InChI=1S/C21H25NO6S/c1-6-27-20(23)16-8-9-17(21(24)28-7-2)18(12-16)22-29(25,26)19-14(4)10-13(3)11-15(19)5/h8-12,22H,6-7H2,1-5H3. The van der Waals surface area contributed by atoms with Crippen molar-refractivity contribution in [1.82, 2.24) is 0 Å². The van der Waals surface area contributed by atoms with Crippen LogP contribution in [0.5, 0.6) is 0 Å². The van der Waals surface area contributed by atoms with Crippen LogP contribution < -0.4 is 4.72 Å². The number of carbonyl (C=O) groups is 2. The molecule has 7 nitrogen and oxygen atoms in total. The van der Waals surface area contributed by atoms with E-state index in [2.05, 4.69) is 4.72 Å². The largest absolute Gasteiger partial charge is 0.462 e. The summed E-state index contributed by atoms with van der Waals surface area (Å²) in [7, 11) is -4.03. The molecule has 0 saturated heterocycles. The number of benzene rings is 2. The lowest BCUT2D eigenvalue weighted by Gasteiger charge is -2.16. The fourth-order valence-corrected chi connectivity index (χ4v) is 4.67. The fourth-order valence-electron chi connectivity index (χ4n) is 3.14. The summed E-state index contributed by atoms with van der Waals surface area (Å²) in [4.78, 5) is 24.5. The number of rotatable bonds is 7. The maximum atomic E-state index is 13.1. The molecule has 0 unspecified atom stereocenters. The summed E-state index contributed by atoms with van der Waals surface area (Å²) in [6, 6.07) is 7.55. The van der Waals surface area contributed by atoms with Crippen LogP contribution in [0.25, 0.3) is 0 Å². The number of carbonyl (C=O) groups excluding carboxylic acids is 2. The summed E-state index contributed by atoms with van der Waals surface area (Å²) in [6.45, 7) is 8.89. The molecule has 0 radical (unpaired) electrons. The minimum absolute atomic E-state index is 0.00545. The van der Waals surface area contributed by atoms with Crippen LogP contribution in [0.15, 0.2) is 35.2 Å². The second-order valence-electron chi connectivity index (χ2n) is 6.53. The second-order valence-corrected chi connectivity index (χ2v) is 8.15. The van der Waals surface area contributed by atoms with Gasteiger partial charge in [-0.05, 0) is 63.9 Å². The van der Waals surface area contributed by atoms with Gasteiger partial charge in [-0.15, -0.1) is 0 Å². The molecule has 2 aromatic carbocycles. The van der Waals surface area contributed by atoms with Crippen molar-refractivity contribution < 1.29 is 27.5 Å². The number of esters is 2. The van der Waals surface area contributed by atoms with Crippen LogP contribution in [0.3, 0.4) is 0 Å². The maximum Gasteiger partial charge on any atom is 0.340 e. The van der Waals surface area contributed by atoms with Crippen molar-refractivity contribution in [2.24, 2.45) is 0 Å². The molecule has 0 spiro atoms. The zero-order valence-corrected chi connectivity index (χ0v) is 18.0. The third-order valence-electron chi connectivity index (χ3n) is 4.14. The van der Waals surface area contributed by atoms with E-state index in [1.54, 1.807) is 39.8 Å². The van der Waals surface area contributed by atoms with Crippen molar-refractivity contribution in [2.45, 2.75) is 39.5 Å². The van der Waals surface area contributed by atoms with Gasteiger partial charge in [-0.3, -0.25) is 4.72 Å². The highest BCUT2D eigenvalue weighted by Crippen LogP contribution is 2.27. The minimum Gasteiger partial charge on any atom is -0.462 e. The Morgan fingerprint density at radius 1 is 0.897 bits per heavy atom. The summed E-state index contributed by atoms with van der Waals surface area (Å²) < 4.78 is 38.6. The van der Waals surface area contributed by atoms with Crippen LogP contribution in [0.2, 0.25) is 0 Å². The van der Waals surface area contributed by atoms with E-state index in [1.165, 1.54) is 18.2 Å². The Labute approximate surface area is 171 Å². The van der Waals surface area contributed by atoms with Crippen molar-refractivity contribution >= 4 is 27.6 Å². The average Bonchev–Trinajstić information content (AvgIpc) is 2.60. The average molecular weight is 419 g/mol. The van der Waals surface area contributed by atoms with Gasteiger partial charge in [0, 0.05) is 0 Å². The van der Waals surface area contributed by atoms with Crippen LogP contribution in [-0.4, -0.2) is 33.6 Å². The topological polar surface area (TPSA) is 98.8 Å². The van der Waals surface area contributed by atoms with Crippen LogP contribution in [0, 0.1) is 20.8 Å². The Hall–Kier alpha value is -2.87. The molecule has 0 aromatic heterocycles. The molecule has 0 aliphatic carbocycles. The first-order valence-corrected chi connectivity index (χ1v) is 10.7. The lowest BCUT2D eigenvalue weighted by atomic mass is 10.1. The molecule has 0 bridgehead atoms. The summed E-state index contributed by atoms with van der Waals surface area (Å²) in [5.41, 5.74) is 2.17. The normalized spacial score (nSPS) is 11.1. The summed E-state index contributed by atoms with van der Waals surface area (Å²) in [6.07, 6.45) is 0. The lowest BCUT2D eigenvalue weighted by Crippen LogP contribution is -2.19. The highest BCUT2D eigenvalue weighted by molar-refractivity contribution is 7.92. The van der Waals surface area contributed by atoms with Gasteiger partial charge in [-0.2, -0.15) is 0 Å². The predicted octanol–water partition coefficient (Wildman–Crippen LogP) is 3.77. The molecule has 2 rings (SSSR count). The highest BCUT2D eigenvalue weighted by Gasteiger charge is 2.24. The number of aryl methyl sites for hydroxylation is 3. The van der Waals surface area contributed by atoms with Gasteiger partial charge in [0.05, 0.1) is 34.9 Å². The summed E-state index contributed by atoms with van der Waals surface area (Å²) in [5.74, 6) is -1.32. The number of hydrogen-bond donors (Lipinski definition) is 1. The van der Waals surface area contributed by atoms with E-state index in [0.717, 1.165) is 5.56 Å². The summed E-state index contributed by atoms with van der Waals surface area (Å²) in [5, 5.41) is 0. The Kier molecular flexibility index (Phi) is 7.02. The zero-order chi connectivity index (χ0) is 21.8. The van der Waals surface area contributed by atoms with Gasteiger partial charge in [0.15, 0.2) is 0 Å². The molecule has 0 fully saturated rings. The monoisotopic (exact) mass is 419 g/mol. The molecule has 0 saturated carbocycles. The van der Waals surface area contributed by atoms with Crippen molar-refractivity contribution in [3.63, 3.8) is 0 Å². The van der Waals surface area contributed by atoms with E-state index in [1.807, 2.05) is 6.92 Å². The Morgan fingerprint density at radius 2 is 1.45 bits per heavy atom. The smallest absolute Gasteiger partial charge is 0.340 e. The van der Waals surface area contributed by atoms with Gasteiger partial charge in [0.1, 0.15) is 0 Å². The van der Waals surface area contributed by atoms with E-state index in [-0.39, 0.29) is 34.9 Å². The third-order valence-corrected chi connectivity index (χ3v) is 5.81. The quantitative estimate of drug-likeness (QED) is 0.686. The van der Waals surface area contributed by atoms with Gasteiger partial charge < -0.3 is 9.47 Å². The molecule has 0 amide bonds. The van der Waals surface area contributed by atoms with Gasteiger partial charge >= 0.3 is 11.9 Å². The maximum absolute atomic E-state index is 13.1. The molecule has 29 heavy (non-hydrogen) atoms. The van der Waals surface area contributed by atoms with Gasteiger partial charge in [-0.25, -0.2) is 18.0 Å². The second kappa shape index (κ2) is 9.09. The highest BCUT2D eigenvalue weighted by atomic mass is 32.2. The van der Waals surface area contributed by atoms with Crippen molar-refractivity contribution in [3.8, 4) is 0 Å². The molecule has 1 N–H and O–H groups in total. The number of ether oxygens (including phenoxy) is 2. The molecule has 0 atom stereocenters. The molecule has 0 aliphatic heterocycles. The molecular weight excluding hydrogens is 394 g/mol. The van der Waals surface area contributed by atoms with E-state index >= 15 is 0 Å². The molecule has 156 valence electrons. The zero-order valence-electron chi connectivity index (χ0n) is 17.2. The molecule has 0 heterocycles. The van der Waals surface area contributed by atoms with Crippen molar-refractivity contribution in [1.29, 1.82) is 0 Å². The first-order valence-electron chi connectivity index (χ1n) is 9.19. The lowest BCUT2D eigenvalue weighted by molar-refractivity contribution is 0.0512. The van der Waals surface area contributed by atoms with Crippen LogP contribution in [0.4, 0.5) is 5.69 Å². The van der Waals surface area contributed by atoms with E-state index in [9.17, 15) is 18.0 Å². The van der Waals surface area contributed by atoms with Crippen LogP contribution in [-0.2, 0) is 19.5 Å². The van der Waals surface area contributed by atoms with Crippen molar-refractivity contribution in [3.05, 3.63) is 58.1 Å². The first kappa shape index (κ1) is 22.4. The van der Waals surface area contributed by atoms with Crippen LogP contribution >= 0.6 is 0 Å². The van der Waals surface area contributed by atoms with Gasteiger partial charge in [0.25, 0.3) is 10.0 Å². The van der Waals surface area contributed by atoms with Crippen LogP contribution in [0.1, 0.15) is 51.3 Å². The van der Waals surface area contributed by atoms with Gasteiger partial charge in [0.2, 0.25) is 0 Å². The molecule has 0 aliphatic rings. The van der Waals surface area contributed by atoms with E-state index < -0.39 is 22.0 Å². The fraction of sp³-hybridized carbons (Fsp3) is 0.333. The van der Waals surface area contributed by atoms with E-state index in [0.29, 0.717) is 11.1 Å². The Morgan fingerprint density at radius 3 is 2.00 bits per heavy atom. The predicted molar refractivity (Wildman–Crippen MR) is 110 cm³/mol. The number of hydrogen-bond acceptors (Lipinski definition) is 6. The Balaban J connectivity index is 2.57. The SMILES string of the molecule is CCOC(=O)c1ccc(C(=O)OCC)c(NS(=O)(=O)c2c(C)cc(C)cc2C)c1. The number of nitrogens with one attached hydrogen (secondary N) is 1. The van der Waals surface area contributed by atoms with Gasteiger partial charge in [-0.1, -0.05) is 17.7 Å². The molecule has 8 heteroatoms. The third kappa shape index (κ3) is 5.14. The first-order chi connectivity index (χ1) is 13.6. The molecular formula is C21H25NO6S. The molecule has 2 aromatic rings. The van der Waals surface area contributed by atoms with Crippen molar-refractivity contribution in [2.75, 3.05) is 17.9 Å². The minimum atomic E-state index is -4.03. The number of sulfonamides is 1. The summed E-state index contributed by atoms with van der Waals surface area (Å²) >= 11 is 0. The Bertz CT molecular complexity index is 1020.